The Morgan fingerprint density at radius 2 is 2.04 bits per heavy atom. The van der Waals surface area contributed by atoms with Crippen LogP contribution in [0.25, 0.3) is 10.1 Å². The van der Waals surface area contributed by atoms with E-state index in [-0.39, 0.29) is 0 Å². The van der Waals surface area contributed by atoms with Gasteiger partial charge in [0.2, 0.25) is 0 Å². The van der Waals surface area contributed by atoms with Crippen LogP contribution < -0.4 is 4.72 Å². The third kappa shape index (κ3) is 3.11. The second-order valence-electron chi connectivity index (χ2n) is 6.69. The molecule has 0 atom stereocenters. The highest BCUT2D eigenvalue weighted by atomic mass is 35.5. The number of aryl methyl sites for hydroxylation is 1. The Hall–Kier alpha value is -1.60. The molecule has 136 valence electrons. The molecule has 0 spiro atoms. The highest BCUT2D eigenvalue weighted by Gasteiger charge is 2.24. The number of hydrogen-bond acceptors (Lipinski definition) is 4. The summed E-state index contributed by atoms with van der Waals surface area (Å²) in [5.74, 6) is 0. The first-order chi connectivity index (χ1) is 12.3. The number of benzene rings is 2. The Bertz CT molecular complexity index is 1110. The molecule has 1 N–H and O–H groups in total. The van der Waals surface area contributed by atoms with E-state index in [0.29, 0.717) is 14.9 Å². The summed E-state index contributed by atoms with van der Waals surface area (Å²) in [5.41, 5.74) is 3.68. The number of nitrogens with one attached hydrogen (secondary N) is 1. The monoisotopic (exact) mass is 406 g/mol. The minimum absolute atomic E-state index is 0.344. The molecular formula is C19H19ClN2O2S2. The van der Waals surface area contributed by atoms with Crippen LogP contribution in [0.1, 0.15) is 16.7 Å². The average molecular weight is 407 g/mol. The highest BCUT2D eigenvalue weighted by molar-refractivity contribution is 7.94. The summed E-state index contributed by atoms with van der Waals surface area (Å²) in [6.45, 7) is 3.56. The van der Waals surface area contributed by atoms with Gasteiger partial charge in [-0.25, -0.2) is 8.42 Å². The largest absolute Gasteiger partial charge is 0.302 e. The fraction of sp³-hybridized carbons (Fsp3) is 0.263. The quantitative estimate of drug-likeness (QED) is 0.688. The van der Waals surface area contributed by atoms with Gasteiger partial charge in [0.1, 0.15) is 4.21 Å². The van der Waals surface area contributed by atoms with Gasteiger partial charge in [-0.05, 0) is 66.7 Å². The van der Waals surface area contributed by atoms with Gasteiger partial charge in [-0.15, -0.1) is 11.3 Å². The molecule has 0 radical (unpaired) electrons. The van der Waals surface area contributed by atoms with Crippen molar-refractivity contribution in [1.82, 2.24) is 4.90 Å². The van der Waals surface area contributed by atoms with Crippen molar-refractivity contribution in [2.45, 2.75) is 24.1 Å². The van der Waals surface area contributed by atoms with E-state index >= 15 is 0 Å². The molecular weight excluding hydrogens is 388 g/mol. The summed E-state index contributed by atoms with van der Waals surface area (Å²) in [7, 11) is -1.61. The summed E-state index contributed by atoms with van der Waals surface area (Å²) in [6.07, 6.45) is 0.932. The Morgan fingerprint density at radius 1 is 1.23 bits per heavy atom. The van der Waals surface area contributed by atoms with E-state index in [4.69, 9.17) is 11.6 Å². The van der Waals surface area contributed by atoms with Crippen molar-refractivity contribution in [2.24, 2.45) is 0 Å². The van der Waals surface area contributed by atoms with Crippen LogP contribution in [0.15, 0.2) is 40.6 Å². The maximum Gasteiger partial charge on any atom is 0.271 e. The SMILES string of the molecule is Cc1c(S(=O)(=O)Nc2cccc3c2CN(C)CC3)sc2ccc(Cl)cc12. The second kappa shape index (κ2) is 6.53. The number of likely N-dealkylation sites (N-methyl/N-ethyl adjacent to an activating group) is 1. The topological polar surface area (TPSA) is 49.4 Å². The van der Waals surface area contributed by atoms with E-state index in [1.165, 1.54) is 16.9 Å². The van der Waals surface area contributed by atoms with E-state index in [1.807, 2.05) is 38.2 Å². The standard InChI is InChI=1S/C19H19ClN2O2S2/c1-12-15-10-14(20)6-7-18(15)25-19(12)26(23,24)21-17-5-3-4-13-8-9-22(2)11-16(13)17/h3-7,10,21H,8-9,11H2,1-2H3. The third-order valence-electron chi connectivity index (χ3n) is 4.81. The first kappa shape index (κ1) is 17.8. The summed E-state index contributed by atoms with van der Waals surface area (Å²) < 4.78 is 30.3. The number of fused-ring (bicyclic) bond motifs is 2. The molecule has 7 heteroatoms. The average Bonchev–Trinajstić information content (AvgIpc) is 2.92. The maximum absolute atomic E-state index is 13.1. The van der Waals surface area contributed by atoms with Crippen molar-refractivity contribution >= 4 is 48.7 Å². The van der Waals surface area contributed by atoms with Crippen LogP contribution in [0, 0.1) is 6.92 Å². The van der Waals surface area contributed by atoms with E-state index in [0.717, 1.165) is 40.7 Å². The molecule has 4 rings (SSSR count). The smallest absolute Gasteiger partial charge is 0.271 e. The van der Waals surface area contributed by atoms with Crippen LogP contribution in [0.3, 0.4) is 0 Å². The molecule has 1 aliphatic rings. The van der Waals surface area contributed by atoms with Gasteiger partial charge in [0.25, 0.3) is 10.0 Å². The summed E-state index contributed by atoms with van der Waals surface area (Å²) in [6, 6.07) is 11.3. The maximum atomic E-state index is 13.1. The molecule has 0 aliphatic carbocycles. The first-order valence-electron chi connectivity index (χ1n) is 8.36. The minimum Gasteiger partial charge on any atom is -0.302 e. The van der Waals surface area contributed by atoms with Crippen molar-refractivity contribution in [3.8, 4) is 0 Å². The fourth-order valence-corrected chi connectivity index (χ4v) is 6.44. The molecule has 0 amide bonds. The van der Waals surface area contributed by atoms with Gasteiger partial charge in [-0.3, -0.25) is 4.72 Å². The lowest BCUT2D eigenvalue weighted by molar-refractivity contribution is 0.313. The molecule has 1 aliphatic heterocycles. The molecule has 0 bridgehead atoms. The van der Waals surface area contributed by atoms with E-state index in [2.05, 4.69) is 15.7 Å². The summed E-state index contributed by atoms with van der Waals surface area (Å²) >= 11 is 7.35. The second-order valence-corrected chi connectivity index (χ2v) is 10.1. The molecule has 0 saturated heterocycles. The fourth-order valence-electron chi connectivity index (χ4n) is 3.43. The molecule has 4 nitrogen and oxygen atoms in total. The zero-order valence-electron chi connectivity index (χ0n) is 14.5. The van der Waals surface area contributed by atoms with E-state index in [1.54, 1.807) is 6.07 Å². The molecule has 0 unspecified atom stereocenters. The van der Waals surface area contributed by atoms with Crippen molar-refractivity contribution in [1.29, 1.82) is 0 Å². The number of thiophene rings is 1. The Balaban J connectivity index is 1.76. The predicted octanol–water partition coefficient (Wildman–Crippen LogP) is 4.65. The molecule has 26 heavy (non-hydrogen) atoms. The van der Waals surface area contributed by atoms with Crippen molar-refractivity contribution < 1.29 is 8.42 Å². The zero-order valence-corrected chi connectivity index (χ0v) is 16.9. The number of nitrogens with zero attached hydrogens (tertiary/aromatic N) is 1. The predicted molar refractivity (Wildman–Crippen MR) is 109 cm³/mol. The van der Waals surface area contributed by atoms with Gasteiger partial charge in [-0.1, -0.05) is 23.7 Å². The van der Waals surface area contributed by atoms with Gasteiger partial charge in [0.05, 0.1) is 5.69 Å². The Labute approximate surface area is 162 Å². The van der Waals surface area contributed by atoms with Gasteiger partial charge in [0, 0.05) is 22.8 Å². The normalized spacial score (nSPS) is 15.2. The highest BCUT2D eigenvalue weighted by Crippen LogP contribution is 2.37. The third-order valence-corrected chi connectivity index (χ3v) is 8.30. The van der Waals surface area contributed by atoms with Gasteiger partial charge in [0.15, 0.2) is 0 Å². The first-order valence-corrected chi connectivity index (χ1v) is 11.0. The molecule has 0 saturated carbocycles. The van der Waals surface area contributed by atoms with Crippen molar-refractivity contribution in [3.63, 3.8) is 0 Å². The van der Waals surface area contributed by atoms with Gasteiger partial charge < -0.3 is 4.90 Å². The van der Waals surface area contributed by atoms with Crippen LogP contribution in [-0.2, 0) is 23.0 Å². The molecule has 1 aromatic heterocycles. The molecule has 2 aromatic carbocycles. The van der Waals surface area contributed by atoms with Crippen LogP contribution in [0.2, 0.25) is 5.02 Å². The lowest BCUT2D eigenvalue weighted by Gasteiger charge is -2.27. The Kier molecular flexibility index (Phi) is 4.47. The number of hydrogen-bond donors (Lipinski definition) is 1. The van der Waals surface area contributed by atoms with Crippen molar-refractivity contribution in [3.05, 3.63) is 58.1 Å². The lowest BCUT2D eigenvalue weighted by atomic mass is 9.99. The number of halogens is 1. The molecule has 0 fully saturated rings. The number of anilines is 1. The van der Waals surface area contributed by atoms with Gasteiger partial charge in [-0.2, -0.15) is 0 Å². The van der Waals surface area contributed by atoms with E-state index < -0.39 is 10.0 Å². The summed E-state index contributed by atoms with van der Waals surface area (Å²) in [5, 5.41) is 1.49. The zero-order chi connectivity index (χ0) is 18.5. The molecule has 3 aromatic rings. The van der Waals surface area contributed by atoms with Crippen molar-refractivity contribution in [2.75, 3.05) is 18.3 Å². The molecule has 2 heterocycles. The summed E-state index contributed by atoms with van der Waals surface area (Å²) in [4.78, 5) is 2.20. The van der Waals surface area contributed by atoms with Gasteiger partial charge >= 0.3 is 0 Å². The van der Waals surface area contributed by atoms with E-state index in [9.17, 15) is 8.42 Å². The van der Waals surface area contributed by atoms with Crippen LogP contribution >= 0.6 is 22.9 Å². The minimum atomic E-state index is -3.66. The van der Waals surface area contributed by atoms with Crippen LogP contribution in [0.4, 0.5) is 5.69 Å². The van der Waals surface area contributed by atoms with Crippen LogP contribution in [-0.4, -0.2) is 26.9 Å². The number of sulfonamides is 1. The van der Waals surface area contributed by atoms with Crippen LogP contribution in [0.5, 0.6) is 0 Å². The Morgan fingerprint density at radius 3 is 2.85 bits per heavy atom. The number of rotatable bonds is 3. The lowest BCUT2D eigenvalue weighted by Crippen LogP contribution is -2.28.